The normalized spacial score (nSPS) is 11.4. The molecule has 0 spiro atoms. The van der Waals surface area contributed by atoms with Crippen molar-refractivity contribution >= 4 is 11.3 Å². The molecular weight excluding hydrogens is 252 g/mol. The molecule has 1 aromatic heterocycles. The maximum atomic E-state index is 2.52. The first kappa shape index (κ1) is 14.3. The third kappa shape index (κ3) is 5.15. The van der Waals surface area contributed by atoms with E-state index in [9.17, 15) is 0 Å². The van der Waals surface area contributed by atoms with E-state index < -0.39 is 0 Å². The highest BCUT2D eigenvalue weighted by molar-refractivity contribution is 7.09. The molecule has 0 N–H and O–H groups in total. The molecule has 0 saturated heterocycles. The molecule has 3 heteroatoms. The first-order chi connectivity index (χ1) is 9.24. The van der Waals surface area contributed by atoms with Crippen molar-refractivity contribution < 1.29 is 0 Å². The van der Waals surface area contributed by atoms with Gasteiger partial charge in [-0.2, -0.15) is 0 Å². The summed E-state index contributed by atoms with van der Waals surface area (Å²) < 4.78 is 0. The van der Waals surface area contributed by atoms with Crippen LogP contribution >= 0.6 is 11.3 Å². The van der Waals surface area contributed by atoms with Gasteiger partial charge in [0.25, 0.3) is 0 Å². The van der Waals surface area contributed by atoms with Crippen LogP contribution in [0.2, 0.25) is 0 Å². The highest BCUT2D eigenvalue weighted by atomic mass is 32.1. The summed E-state index contributed by atoms with van der Waals surface area (Å²) >= 11 is 1.84. The zero-order chi connectivity index (χ0) is 13.5. The van der Waals surface area contributed by atoms with Gasteiger partial charge in [-0.05, 0) is 31.1 Å². The zero-order valence-corrected chi connectivity index (χ0v) is 12.6. The molecule has 2 aromatic rings. The van der Waals surface area contributed by atoms with Crippen LogP contribution in [0.1, 0.15) is 10.4 Å². The monoisotopic (exact) mass is 274 g/mol. The van der Waals surface area contributed by atoms with E-state index in [1.807, 2.05) is 11.3 Å². The van der Waals surface area contributed by atoms with Crippen molar-refractivity contribution in [1.82, 2.24) is 9.80 Å². The van der Waals surface area contributed by atoms with Gasteiger partial charge in [-0.3, -0.25) is 4.90 Å². The molecule has 2 nitrogen and oxygen atoms in total. The van der Waals surface area contributed by atoms with Crippen LogP contribution in [0, 0.1) is 0 Å². The average Bonchev–Trinajstić information content (AvgIpc) is 2.90. The number of hydrogen-bond acceptors (Lipinski definition) is 3. The van der Waals surface area contributed by atoms with Crippen molar-refractivity contribution in [3.63, 3.8) is 0 Å². The van der Waals surface area contributed by atoms with Gasteiger partial charge in [-0.1, -0.05) is 36.4 Å². The summed E-state index contributed by atoms with van der Waals surface area (Å²) in [5.41, 5.74) is 1.39. The van der Waals surface area contributed by atoms with Crippen LogP contribution in [0.5, 0.6) is 0 Å². The molecule has 0 aliphatic heterocycles. The minimum absolute atomic E-state index is 1.02. The Balaban J connectivity index is 1.97. The van der Waals surface area contributed by atoms with Gasteiger partial charge in [0.15, 0.2) is 0 Å². The van der Waals surface area contributed by atoms with Crippen molar-refractivity contribution in [2.45, 2.75) is 13.1 Å². The summed E-state index contributed by atoms with van der Waals surface area (Å²) in [7, 11) is 4.26. The van der Waals surface area contributed by atoms with E-state index in [0.717, 1.165) is 26.2 Å². The fraction of sp³-hybridized carbons (Fsp3) is 0.375. The van der Waals surface area contributed by atoms with Crippen LogP contribution in [0.3, 0.4) is 0 Å². The van der Waals surface area contributed by atoms with Gasteiger partial charge in [0.05, 0.1) is 0 Å². The number of nitrogens with zero attached hydrogens (tertiary/aromatic N) is 2. The molecule has 1 heterocycles. The van der Waals surface area contributed by atoms with E-state index in [4.69, 9.17) is 0 Å². The maximum absolute atomic E-state index is 2.52. The number of benzene rings is 1. The van der Waals surface area contributed by atoms with E-state index >= 15 is 0 Å². The number of thiophene rings is 1. The van der Waals surface area contributed by atoms with Crippen LogP contribution in [0.4, 0.5) is 0 Å². The largest absolute Gasteiger partial charge is 0.308 e. The molecule has 0 aliphatic rings. The molecular formula is C16H22N2S. The van der Waals surface area contributed by atoms with Gasteiger partial charge in [-0.25, -0.2) is 0 Å². The minimum Gasteiger partial charge on any atom is -0.308 e. The number of likely N-dealkylation sites (N-methyl/N-ethyl adjacent to an activating group) is 1. The second-order valence-corrected chi connectivity index (χ2v) is 6.11. The highest BCUT2D eigenvalue weighted by Gasteiger charge is 2.08. The van der Waals surface area contributed by atoms with Crippen molar-refractivity contribution in [2.75, 3.05) is 27.2 Å². The summed E-state index contributed by atoms with van der Waals surface area (Å²) in [5.74, 6) is 0. The molecule has 0 aliphatic carbocycles. The molecule has 0 amide bonds. The number of rotatable bonds is 7. The van der Waals surface area contributed by atoms with Gasteiger partial charge in [0, 0.05) is 31.1 Å². The first-order valence-corrected chi connectivity index (χ1v) is 7.55. The quantitative estimate of drug-likeness (QED) is 0.764. The second kappa shape index (κ2) is 7.43. The minimum atomic E-state index is 1.02. The summed E-state index contributed by atoms with van der Waals surface area (Å²) in [5, 5.41) is 2.15. The number of hydrogen-bond donors (Lipinski definition) is 0. The Kier molecular flexibility index (Phi) is 5.58. The van der Waals surface area contributed by atoms with Crippen LogP contribution in [-0.4, -0.2) is 37.0 Å². The Hall–Kier alpha value is -1.16. The maximum Gasteiger partial charge on any atom is 0.0331 e. The zero-order valence-electron chi connectivity index (χ0n) is 11.7. The predicted molar refractivity (Wildman–Crippen MR) is 83.4 cm³/mol. The van der Waals surface area contributed by atoms with Gasteiger partial charge in [-0.15, -0.1) is 11.3 Å². The Morgan fingerprint density at radius 2 is 1.68 bits per heavy atom. The average molecular weight is 274 g/mol. The van der Waals surface area contributed by atoms with Gasteiger partial charge < -0.3 is 4.90 Å². The molecule has 19 heavy (non-hydrogen) atoms. The lowest BCUT2D eigenvalue weighted by Crippen LogP contribution is -2.30. The lowest BCUT2D eigenvalue weighted by Gasteiger charge is -2.23. The van der Waals surface area contributed by atoms with E-state index in [1.165, 1.54) is 10.4 Å². The smallest absolute Gasteiger partial charge is 0.0331 e. The van der Waals surface area contributed by atoms with Crippen LogP contribution in [0.15, 0.2) is 47.8 Å². The standard InChI is InChI=1S/C16H22N2S/c1-17(2)10-11-18(14-16-9-6-12-19-16)13-15-7-4-3-5-8-15/h3-9,12H,10-11,13-14H2,1-2H3. The van der Waals surface area contributed by atoms with Gasteiger partial charge in [0.1, 0.15) is 0 Å². The summed E-state index contributed by atoms with van der Waals surface area (Å²) in [6, 6.07) is 15.1. The van der Waals surface area contributed by atoms with E-state index in [1.54, 1.807) is 0 Å². The van der Waals surface area contributed by atoms with Crippen molar-refractivity contribution in [2.24, 2.45) is 0 Å². The van der Waals surface area contributed by atoms with Gasteiger partial charge in [0.2, 0.25) is 0 Å². The molecule has 0 atom stereocenters. The molecule has 0 fully saturated rings. The molecule has 0 unspecified atom stereocenters. The SMILES string of the molecule is CN(C)CCN(Cc1ccccc1)Cc1cccs1. The lowest BCUT2D eigenvalue weighted by molar-refractivity contribution is 0.228. The van der Waals surface area contributed by atoms with Crippen LogP contribution in [-0.2, 0) is 13.1 Å². The Morgan fingerprint density at radius 1 is 0.895 bits per heavy atom. The van der Waals surface area contributed by atoms with Crippen molar-refractivity contribution in [3.05, 3.63) is 58.3 Å². The fourth-order valence-electron chi connectivity index (χ4n) is 2.02. The van der Waals surface area contributed by atoms with E-state index in [0.29, 0.717) is 0 Å². The molecule has 102 valence electrons. The fourth-order valence-corrected chi connectivity index (χ4v) is 2.77. The van der Waals surface area contributed by atoms with Gasteiger partial charge >= 0.3 is 0 Å². The van der Waals surface area contributed by atoms with Crippen molar-refractivity contribution in [3.8, 4) is 0 Å². The molecule has 2 rings (SSSR count). The molecule has 0 saturated carbocycles. The topological polar surface area (TPSA) is 6.48 Å². The highest BCUT2D eigenvalue weighted by Crippen LogP contribution is 2.14. The first-order valence-electron chi connectivity index (χ1n) is 6.67. The molecule has 0 radical (unpaired) electrons. The third-order valence-electron chi connectivity index (χ3n) is 3.07. The predicted octanol–water partition coefficient (Wildman–Crippen LogP) is 3.31. The molecule has 0 bridgehead atoms. The third-order valence-corrected chi connectivity index (χ3v) is 3.93. The second-order valence-electron chi connectivity index (χ2n) is 5.08. The van der Waals surface area contributed by atoms with Crippen molar-refractivity contribution in [1.29, 1.82) is 0 Å². The summed E-state index contributed by atoms with van der Waals surface area (Å²) in [6.07, 6.45) is 0. The van der Waals surface area contributed by atoms with E-state index in [2.05, 4.69) is 71.7 Å². The lowest BCUT2D eigenvalue weighted by atomic mass is 10.2. The van der Waals surface area contributed by atoms with E-state index in [-0.39, 0.29) is 0 Å². The Morgan fingerprint density at radius 3 is 2.32 bits per heavy atom. The van der Waals surface area contributed by atoms with Crippen LogP contribution in [0.25, 0.3) is 0 Å². The molecule has 1 aromatic carbocycles. The Labute approximate surface area is 120 Å². The Bertz CT molecular complexity index is 451. The summed E-state index contributed by atoms with van der Waals surface area (Å²) in [4.78, 5) is 6.20. The van der Waals surface area contributed by atoms with Crippen LogP contribution < -0.4 is 0 Å². The summed E-state index contributed by atoms with van der Waals surface area (Å²) in [6.45, 7) is 4.25.